The summed E-state index contributed by atoms with van der Waals surface area (Å²) in [5.41, 5.74) is 4.37. The van der Waals surface area contributed by atoms with Crippen LogP contribution in [-0.2, 0) is 32.2 Å². The van der Waals surface area contributed by atoms with Gasteiger partial charge in [0.25, 0.3) is 0 Å². The Bertz CT molecular complexity index is 1240. The van der Waals surface area contributed by atoms with Gasteiger partial charge in [-0.1, -0.05) is 66.7 Å². The SMILES string of the molecule is CCOC(=O)CNC(=O)Nc1cccc([C@@H]2O[C@H](CN(C)Cc3ccccc3)C[C@H](c3ccc(CO)cc3)O2)c1. The molecule has 0 aromatic heterocycles. The van der Waals surface area contributed by atoms with Crippen molar-refractivity contribution in [1.82, 2.24) is 10.2 Å². The fourth-order valence-corrected chi connectivity index (χ4v) is 4.64. The maximum Gasteiger partial charge on any atom is 0.325 e. The summed E-state index contributed by atoms with van der Waals surface area (Å²) in [5, 5.41) is 14.7. The average molecular weight is 548 g/mol. The maximum absolute atomic E-state index is 12.3. The van der Waals surface area contributed by atoms with Crippen LogP contribution in [0.25, 0.3) is 0 Å². The lowest BCUT2D eigenvalue weighted by atomic mass is 9.99. The molecular formula is C31H37N3O6. The fraction of sp³-hybridized carbons (Fsp3) is 0.355. The number of hydrogen-bond acceptors (Lipinski definition) is 7. The van der Waals surface area contributed by atoms with E-state index >= 15 is 0 Å². The smallest absolute Gasteiger partial charge is 0.325 e. The average Bonchev–Trinajstić information content (AvgIpc) is 2.97. The molecule has 3 aromatic rings. The van der Waals surface area contributed by atoms with Gasteiger partial charge in [0.05, 0.1) is 25.4 Å². The van der Waals surface area contributed by atoms with Gasteiger partial charge in [-0.3, -0.25) is 9.69 Å². The zero-order chi connectivity index (χ0) is 28.3. The Balaban J connectivity index is 1.47. The van der Waals surface area contributed by atoms with Gasteiger partial charge >= 0.3 is 12.0 Å². The minimum atomic E-state index is -0.657. The molecule has 1 aliphatic rings. The summed E-state index contributed by atoms with van der Waals surface area (Å²) in [5.74, 6) is -0.503. The molecule has 0 unspecified atom stereocenters. The van der Waals surface area contributed by atoms with E-state index in [-0.39, 0.29) is 32.0 Å². The molecule has 212 valence electrons. The molecule has 1 aliphatic heterocycles. The normalized spacial score (nSPS) is 18.8. The van der Waals surface area contributed by atoms with Gasteiger partial charge in [0.15, 0.2) is 6.29 Å². The van der Waals surface area contributed by atoms with Crippen molar-refractivity contribution in [2.75, 3.05) is 32.1 Å². The second-order valence-corrected chi connectivity index (χ2v) is 9.77. The monoisotopic (exact) mass is 547 g/mol. The first-order valence-corrected chi connectivity index (χ1v) is 13.5. The number of ether oxygens (including phenoxy) is 3. The summed E-state index contributed by atoms with van der Waals surface area (Å²) in [7, 11) is 2.07. The number of likely N-dealkylation sites (N-methyl/N-ethyl adjacent to an activating group) is 1. The molecule has 0 radical (unpaired) electrons. The summed E-state index contributed by atoms with van der Waals surface area (Å²) in [6.07, 6.45) is -0.316. The summed E-state index contributed by atoms with van der Waals surface area (Å²) in [6, 6.07) is 24.8. The van der Waals surface area contributed by atoms with Crippen molar-refractivity contribution in [3.63, 3.8) is 0 Å². The molecule has 1 saturated heterocycles. The first-order chi connectivity index (χ1) is 19.4. The van der Waals surface area contributed by atoms with Gasteiger partial charge in [0.2, 0.25) is 0 Å². The number of nitrogens with one attached hydrogen (secondary N) is 2. The van der Waals surface area contributed by atoms with E-state index in [9.17, 15) is 14.7 Å². The third-order valence-electron chi connectivity index (χ3n) is 6.54. The largest absolute Gasteiger partial charge is 0.465 e. The second kappa shape index (κ2) is 14.6. The highest BCUT2D eigenvalue weighted by molar-refractivity contribution is 5.91. The van der Waals surface area contributed by atoms with Crippen molar-refractivity contribution >= 4 is 17.7 Å². The number of amides is 2. The molecule has 1 heterocycles. The summed E-state index contributed by atoms with van der Waals surface area (Å²) in [4.78, 5) is 26.1. The van der Waals surface area contributed by atoms with E-state index in [1.807, 2.05) is 54.6 Å². The van der Waals surface area contributed by atoms with E-state index in [0.717, 1.165) is 23.2 Å². The molecule has 0 bridgehead atoms. The highest BCUT2D eigenvalue weighted by Crippen LogP contribution is 2.38. The zero-order valence-corrected chi connectivity index (χ0v) is 22.9. The van der Waals surface area contributed by atoms with Crippen LogP contribution in [0.4, 0.5) is 10.5 Å². The van der Waals surface area contributed by atoms with Gasteiger partial charge in [0, 0.05) is 30.8 Å². The van der Waals surface area contributed by atoms with Crippen molar-refractivity contribution in [3.05, 3.63) is 101 Å². The Morgan fingerprint density at radius 1 is 0.975 bits per heavy atom. The van der Waals surface area contributed by atoms with E-state index < -0.39 is 18.3 Å². The van der Waals surface area contributed by atoms with E-state index in [0.29, 0.717) is 18.7 Å². The number of aliphatic hydroxyl groups excluding tert-OH is 1. The molecule has 0 saturated carbocycles. The molecule has 3 aromatic carbocycles. The highest BCUT2D eigenvalue weighted by atomic mass is 16.7. The minimum absolute atomic E-state index is 0.0163. The lowest BCUT2D eigenvalue weighted by Gasteiger charge is -2.38. The molecule has 4 rings (SSSR count). The number of urea groups is 1. The number of benzene rings is 3. The van der Waals surface area contributed by atoms with Crippen molar-refractivity contribution in [2.45, 2.75) is 45.0 Å². The maximum atomic E-state index is 12.3. The summed E-state index contributed by atoms with van der Waals surface area (Å²) < 4.78 is 17.7. The number of carbonyl (C=O) groups excluding carboxylic acids is 2. The van der Waals surface area contributed by atoms with Crippen molar-refractivity contribution in [3.8, 4) is 0 Å². The fourth-order valence-electron chi connectivity index (χ4n) is 4.64. The predicted octanol–water partition coefficient (Wildman–Crippen LogP) is 4.54. The van der Waals surface area contributed by atoms with Crippen LogP contribution in [0.1, 0.15) is 48.0 Å². The van der Waals surface area contributed by atoms with Crippen LogP contribution < -0.4 is 10.6 Å². The van der Waals surface area contributed by atoms with Gasteiger partial charge in [-0.25, -0.2) is 4.79 Å². The standard InChI is InChI=1S/C31H37N3O6/c1-3-38-29(36)18-32-31(37)33-26-11-7-10-25(16-26)30-39-27(20-34(2)19-22-8-5-4-6-9-22)17-28(40-30)24-14-12-23(21-35)13-15-24/h4-16,27-28,30,35H,3,17-21H2,1-2H3,(H2,32,33,37)/t27-,28+,30+/m0/s1. The van der Waals surface area contributed by atoms with Crippen molar-refractivity contribution < 1.29 is 28.9 Å². The third-order valence-corrected chi connectivity index (χ3v) is 6.54. The third kappa shape index (κ3) is 8.62. The van der Waals surface area contributed by atoms with Gasteiger partial charge < -0.3 is 30.0 Å². The molecule has 2 amide bonds. The molecule has 3 atom stereocenters. The number of hydrogen-bond donors (Lipinski definition) is 3. The summed E-state index contributed by atoms with van der Waals surface area (Å²) >= 11 is 0. The molecule has 1 fully saturated rings. The highest BCUT2D eigenvalue weighted by Gasteiger charge is 2.33. The van der Waals surface area contributed by atoms with E-state index in [1.54, 1.807) is 19.1 Å². The second-order valence-electron chi connectivity index (χ2n) is 9.77. The number of rotatable bonds is 11. The van der Waals surface area contributed by atoms with Crippen LogP contribution in [0.2, 0.25) is 0 Å². The van der Waals surface area contributed by atoms with Gasteiger partial charge in [-0.2, -0.15) is 0 Å². The Morgan fingerprint density at radius 3 is 2.48 bits per heavy atom. The van der Waals surface area contributed by atoms with Crippen LogP contribution in [0.15, 0.2) is 78.9 Å². The number of esters is 1. The van der Waals surface area contributed by atoms with Crippen LogP contribution in [0.5, 0.6) is 0 Å². The van der Waals surface area contributed by atoms with E-state index in [4.69, 9.17) is 14.2 Å². The lowest BCUT2D eigenvalue weighted by molar-refractivity contribution is -0.252. The van der Waals surface area contributed by atoms with Crippen LogP contribution in [0, 0.1) is 0 Å². The number of carbonyl (C=O) groups is 2. The predicted molar refractivity (Wildman–Crippen MR) is 151 cm³/mol. The molecule has 3 N–H and O–H groups in total. The Kier molecular flexibility index (Phi) is 10.7. The topological polar surface area (TPSA) is 109 Å². The zero-order valence-electron chi connectivity index (χ0n) is 22.9. The lowest BCUT2D eigenvalue weighted by Crippen LogP contribution is -2.37. The Labute approximate surface area is 235 Å². The molecular weight excluding hydrogens is 510 g/mol. The molecule has 9 heteroatoms. The van der Waals surface area contributed by atoms with Crippen LogP contribution in [0.3, 0.4) is 0 Å². The number of anilines is 1. The first kappa shape index (κ1) is 29.2. The summed E-state index contributed by atoms with van der Waals surface area (Å²) in [6.45, 7) is 3.22. The molecule has 0 aliphatic carbocycles. The van der Waals surface area contributed by atoms with E-state index in [1.165, 1.54) is 5.56 Å². The number of aliphatic hydroxyl groups is 1. The van der Waals surface area contributed by atoms with Crippen LogP contribution >= 0.6 is 0 Å². The molecule has 0 spiro atoms. The van der Waals surface area contributed by atoms with Crippen molar-refractivity contribution in [2.24, 2.45) is 0 Å². The van der Waals surface area contributed by atoms with E-state index in [2.05, 4.69) is 34.7 Å². The van der Waals surface area contributed by atoms with Gasteiger partial charge in [0.1, 0.15) is 6.54 Å². The quantitative estimate of drug-likeness (QED) is 0.303. The molecule has 9 nitrogen and oxygen atoms in total. The number of nitrogens with zero attached hydrogens (tertiary/aromatic N) is 1. The Hall–Kier alpha value is -3.76. The molecule has 40 heavy (non-hydrogen) atoms. The van der Waals surface area contributed by atoms with Crippen molar-refractivity contribution in [1.29, 1.82) is 0 Å². The minimum Gasteiger partial charge on any atom is -0.465 e. The van der Waals surface area contributed by atoms with Gasteiger partial charge in [-0.05, 0) is 42.8 Å². The van der Waals surface area contributed by atoms with Gasteiger partial charge in [-0.15, -0.1) is 0 Å². The first-order valence-electron chi connectivity index (χ1n) is 13.5. The Morgan fingerprint density at radius 2 is 1.75 bits per heavy atom. The van der Waals surface area contributed by atoms with Crippen LogP contribution in [-0.4, -0.2) is 54.9 Å².